The fourth-order valence-corrected chi connectivity index (χ4v) is 1.44. The van der Waals surface area contributed by atoms with Crippen molar-refractivity contribution in [1.82, 2.24) is 10.6 Å². The van der Waals surface area contributed by atoms with E-state index in [1.807, 2.05) is 0 Å². The highest BCUT2D eigenvalue weighted by atomic mass is 35.5. The second-order valence-electron chi connectivity index (χ2n) is 2.45. The van der Waals surface area contributed by atoms with Gasteiger partial charge in [0.15, 0.2) is 0 Å². The zero-order valence-electron chi connectivity index (χ0n) is 5.09. The van der Waals surface area contributed by atoms with E-state index in [2.05, 4.69) is 10.6 Å². The van der Waals surface area contributed by atoms with Crippen LogP contribution < -0.4 is 10.6 Å². The highest BCUT2D eigenvalue weighted by molar-refractivity contribution is 5.85. The fraction of sp³-hybridized carbons (Fsp3) is 1.00. The molecule has 2 fully saturated rings. The number of rotatable bonds is 0. The topological polar surface area (TPSA) is 24.1 Å². The monoisotopic (exact) mass is 170 g/mol. The van der Waals surface area contributed by atoms with Gasteiger partial charge in [-0.15, -0.1) is 24.8 Å². The van der Waals surface area contributed by atoms with Gasteiger partial charge in [0.1, 0.15) is 0 Å². The Labute approximate surface area is 67.6 Å². The summed E-state index contributed by atoms with van der Waals surface area (Å²) in [5, 5.41) is 6.79. The number of piperazine rings is 1. The van der Waals surface area contributed by atoms with Crippen LogP contribution in [0.3, 0.4) is 0 Å². The molecule has 2 atom stereocenters. The molecule has 0 spiro atoms. The summed E-state index contributed by atoms with van der Waals surface area (Å²) in [7, 11) is 0. The normalized spacial score (nSPS) is 37.3. The lowest BCUT2D eigenvalue weighted by Gasteiger charge is -2.10. The first-order chi connectivity index (χ1) is 3.45. The minimum absolute atomic E-state index is 0. The molecule has 2 saturated heterocycles. The van der Waals surface area contributed by atoms with E-state index in [0.717, 1.165) is 12.1 Å². The van der Waals surface area contributed by atoms with Crippen LogP contribution in [0.1, 0.15) is 6.42 Å². The third-order valence-corrected chi connectivity index (χ3v) is 1.87. The van der Waals surface area contributed by atoms with E-state index >= 15 is 0 Å². The molecule has 2 aliphatic heterocycles. The molecule has 2 rings (SSSR count). The highest BCUT2D eigenvalue weighted by Gasteiger charge is 2.29. The van der Waals surface area contributed by atoms with Gasteiger partial charge < -0.3 is 10.6 Å². The molecule has 0 aliphatic carbocycles. The summed E-state index contributed by atoms with van der Waals surface area (Å²) in [6.45, 7) is 2.40. The molecule has 0 aromatic carbocycles. The quantitative estimate of drug-likeness (QED) is 0.542. The van der Waals surface area contributed by atoms with Crippen LogP contribution >= 0.6 is 24.8 Å². The van der Waals surface area contributed by atoms with E-state index < -0.39 is 0 Å². The van der Waals surface area contributed by atoms with Crippen molar-refractivity contribution in [2.75, 3.05) is 13.1 Å². The molecular formula is C5H12Cl2N2. The van der Waals surface area contributed by atoms with Gasteiger partial charge in [-0.25, -0.2) is 0 Å². The SMILES string of the molecule is C1NC2CNC1C2.Cl.Cl. The van der Waals surface area contributed by atoms with Crippen LogP contribution in [0.5, 0.6) is 0 Å². The van der Waals surface area contributed by atoms with Gasteiger partial charge in [0.2, 0.25) is 0 Å². The lowest BCUT2D eigenvalue weighted by molar-refractivity contribution is 0.528. The molecular weight excluding hydrogens is 159 g/mol. The molecule has 2 nitrogen and oxygen atoms in total. The summed E-state index contributed by atoms with van der Waals surface area (Å²) in [5.41, 5.74) is 0. The Balaban J connectivity index is 0.000000320. The lowest BCUT2D eigenvalue weighted by Crippen LogP contribution is -2.39. The maximum atomic E-state index is 3.39. The molecule has 2 N–H and O–H groups in total. The van der Waals surface area contributed by atoms with Crippen molar-refractivity contribution in [1.29, 1.82) is 0 Å². The Morgan fingerprint density at radius 1 is 0.889 bits per heavy atom. The van der Waals surface area contributed by atoms with Crippen LogP contribution in [0, 0.1) is 0 Å². The molecule has 2 heterocycles. The van der Waals surface area contributed by atoms with Crippen LogP contribution in [0.2, 0.25) is 0 Å². The number of nitrogens with one attached hydrogen (secondary N) is 2. The van der Waals surface area contributed by atoms with Gasteiger partial charge in [0.05, 0.1) is 0 Å². The Morgan fingerprint density at radius 2 is 1.33 bits per heavy atom. The molecule has 0 aromatic rings. The second kappa shape index (κ2) is 3.62. The van der Waals surface area contributed by atoms with Gasteiger partial charge >= 0.3 is 0 Å². The largest absolute Gasteiger partial charge is 0.311 e. The summed E-state index contributed by atoms with van der Waals surface area (Å²) in [5.74, 6) is 0. The van der Waals surface area contributed by atoms with Crippen molar-refractivity contribution in [3.05, 3.63) is 0 Å². The first-order valence-electron chi connectivity index (χ1n) is 2.92. The van der Waals surface area contributed by atoms with Gasteiger partial charge in [0.25, 0.3) is 0 Å². The van der Waals surface area contributed by atoms with Crippen molar-refractivity contribution in [2.24, 2.45) is 0 Å². The maximum Gasteiger partial charge on any atom is 0.0208 e. The molecule has 2 unspecified atom stereocenters. The van der Waals surface area contributed by atoms with E-state index in [9.17, 15) is 0 Å². The zero-order valence-corrected chi connectivity index (χ0v) is 6.73. The molecule has 0 aromatic heterocycles. The first-order valence-corrected chi connectivity index (χ1v) is 2.92. The van der Waals surface area contributed by atoms with Crippen molar-refractivity contribution in [2.45, 2.75) is 18.5 Å². The third-order valence-electron chi connectivity index (χ3n) is 1.87. The molecule has 4 heteroatoms. The molecule has 56 valence electrons. The van der Waals surface area contributed by atoms with Crippen LogP contribution in [0.15, 0.2) is 0 Å². The molecule has 0 saturated carbocycles. The van der Waals surface area contributed by atoms with Crippen LogP contribution in [-0.4, -0.2) is 25.2 Å². The number of halogens is 2. The number of fused-ring (bicyclic) bond motifs is 2. The summed E-state index contributed by atoms with van der Waals surface area (Å²) in [6.07, 6.45) is 1.36. The number of hydrogen-bond donors (Lipinski definition) is 2. The van der Waals surface area contributed by atoms with Crippen LogP contribution in [0.4, 0.5) is 0 Å². The van der Waals surface area contributed by atoms with Crippen LogP contribution in [0.25, 0.3) is 0 Å². The van der Waals surface area contributed by atoms with Crippen molar-refractivity contribution in [3.63, 3.8) is 0 Å². The van der Waals surface area contributed by atoms with Gasteiger partial charge in [-0.3, -0.25) is 0 Å². The summed E-state index contributed by atoms with van der Waals surface area (Å²) < 4.78 is 0. The standard InChI is InChI=1S/C5H10N2.2ClH/c1-4-2-6-5(1)3-7-4;;/h4-7H,1-3H2;2*1H. The smallest absolute Gasteiger partial charge is 0.0208 e. The third kappa shape index (κ3) is 1.71. The first kappa shape index (κ1) is 9.50. The average molecular weight is 171 g/mol. The Kier molecular flexibility index (Phi) is 3.82. The lowest BCUT2D eigenvalue weighted by atomic mass is 10.3. The predicted octanol–water partition coefficient (Wildman–Crippen LogP) is 0.164. The predicted molar refractivity (Wildman–Crippen MR) is 42.7 cm³/mol. The van der Waals surface area contributed by atoms with Crippen molar-refractivity contribution in [3.8, 4) is 0 Å². The summed E-state index contributed by atoms with van der Waals surface area (Å²) >= 11 is 0. The van der Waals surface area contributed by atoms with Crippen LogP contribution in [-0.2, 0) is 0 Å². The second-order valence-corrected chi connectivity index (χ2v) is 2.45. The minimum Gasteiger partial charge on any atom is -0.311 e. The van der Waals surface area contributed by atoms with E-state index in [0.29, 0.717) is 0 Å². The number of hydrogen-bond acceptors (Lipinski definition) is 2. The Morgan fingerprint density at radius 3 is 1.44 bits per heavy atom. The molecule has 0 radical (unpaired) electrons. The summed E-state index contributed by atoms with van der Waals surface area (Å²) in [4.78, 5) is 0. The zero-order chi connectivity index (χ0) is 4.69. The van der Waals surface area contributed by atoms with E-state index in [1.165, 1.54) is 19.5 Å². The highest BCUT2D eigenvalue weighted by Crippen LogP contribution is 2.11. The Bertz CT molecular complexity index is 71.0. The van der Waals surface area contributed by atoms with Gasteiger partial charge in [-0.2, -0.15) is 0 Å². The van der Waals surface area contributed by atoms with Crippen molar-refractivity contribution >= 4 is 24.8 Å². The Hall–Kier alpha value is 0.500. The van der Waals surface area contributed by atoms with Gasteiger partial charge in [-0.1, -0.05) is 0 Å². The van der Waals surface area contributed by atoms with Crippen molar-refractivity contribution < 1.29 is 0 Å². The van der Waals surface area contributed by atoms with Gasteiger partial charge in [-0.05, 0) is 6.42 Å². The molecule has 2 bridgehead atoms. The van der Waals surface area contributed by atoms with Gasteiger partial charge in [0, 0.05) is 25.2 Å². The molecule has 0 amide bonds. The average Bonchev–Trinajstić information content (AvgIpc) is 2.22. The molecule has 9 heavy (non-hydrogen) atoms. The van der Waals surface area contributed by atoms with E-state index in [4.69, 9.17) is 0 Å². The van der Waals surface area contributed by atoms with E-state index in [1.54, 1.807) is 0 Å². The minimum atomic E-state index is 0. The maximum absolute atomic E-state index is 3.39. The summed E-state index contributed by atoms with van der Waals surface area (Å²) in [6, 6.07) is 1.62. The van der Waals surface area contributed by atoms with E-state index in [-0.39, 0.29) is 24.8 Å². The fourth-order valence-electron chi connectivity index (χ4n) is 1.44. The molecule has 2 aliphatic rings.